The molecular weight excluding hydrogens is 420 g/mol. The molecule has 6 atom stereocenters. The summed E-state index contributed by atoms with van der Waals surface area (Å²) in [5.41, 5.74) is -1.69. The fourth-order valence-corrected chi connectivity index (χ4v) is 8.83. The predicted octanol–water partition coefficient (Wildman–Crippen LogP) is 5.03. The van der Waals surface area contributed by atoms with Crippen molar-refractivity contribution in [1.82, 2.24) is 0 Å². The Bertz CT molecular complexity index is 812. The molecule has 6 nitrogen and oxygen atoms in total. The van der Waals surface area contributed by atoms with Gasteiger partial charge in [-0.25, -0.2) is 0 Å². The summed E-state index contributed by atoms with van der Waals surface area (Å²) >= 11 is 0. The summed E-state index contributed by atoms with van der Waals surface area (Å²) in [5.74, 6) is -1.11. The number of carbonyl (C=O) groups is 2. The highest BCUT2D eigenvalue weighted by Crippen LogP contribution is 2.76. The fraction of sp³-hybridized carbons (Fsp3) is 0.926. The van der Waals surface area contributed by atoms with Gasteiger partial charge in [-0.05, 0) is 70.1 Å². The number of carbonyl (C=O) groups excluding carboxylic acids is 2. The van der Waals surface area contributed by atoms with Crippen molar-refractivity contribution < 1.29 is 28.5 Å². The molecule has 1 heterocycles. The first kappa shape index (κ1) is 23.6. The summed E-state index contributed by atoms with van der Waals surface area (Å²) in [6.07, 6.45) is 7.37. The second-order valence-electron chi connectivity index (χ2n) is 12.3. The minimum Gasteiger partial charge on any atom is -0.465 e. The maximum absolute atomic E-state index is 13.4. The Morgan fingerprint density at radius 2 is 1.52 bits per heavy atom. The SMILES string of the molecule is CCOC(=O)C1(C(=O)OCC)C[C@H](C2CCCC2)[C@@]2(C1)OC1C3CCC(C)(C3(C)C)C1(C)O2. The van der Waals surface area contributed by atoms with Crippen molar-refractivity contribution >= 4 is 11.9 Å². The van der Waals surface area contributed by atoms with Crippen LogP contribution < -0.4 is 0 Å². The third kappa shape index (κ3) is 2.80. The van der Waals surface area contributed by atoms with E-state index in [1.165, 1.54) is 12.8 Å². The molecule has 1 aliphatic heterocycles. The Morgan fingerprint density at radius 3 is 2.06 bits per heavy atom. The summed E-state index contributed by atoms with van der Waals surface area (Å²) in [5, 5.41) is 0. The molecule has 4 aliphatic carbocycles. The summed E-state index contributed by atoms with van der Waals surface area (Å²) in [7, 11) is 0. The van der Waals surface area contributed by atoms with Gasteiger partial charge in [-0.1, -0.05) is 33.6 Å². The van der Waals surface area contributed by atoms with Crippen LogP contribution in [-0.2, 0) is 28.5 Å². The van der Waals surface area contributed by atoms with Gasteiger partial charge in [0, 0.05) is 17.8 Å². The second-order valence-corrected chi connectivity index (χ2v) is 12.3. The van der Waals surface area contributed by atoms with E-state index in [-0.39, 0.29) is 42.5 Å². The minimum absolute atomic E-state index is 0.0117. The van der Waals surface area contributed by atoms with Crippen LogP contribution in [0.5, 0.6) is 0 Å². The Labute approximate surface area is 198 Å². The first-order valence-corrected chi connectivity index (χ1v) is 13.2. The topological polar surface area (TPSA) is 71.1 Å². The first-order chi connectivity index (χ1) is 15.5. The van der Waals surface area contributed by atoms with Gasteiger partial charge < -0.3 is 18.9 Å². The predicted molar refractivity (Wildman–Crippen MR) is 122 cm³/mol. The van der Waals surface area contributed by atoms with Gasteiger partial charge in [-0.2, -0.15) is 0 Å². The van der Waals surface area contributed by atoms with Crippen LogP contribution in [0.1, 0.15) is 92.9 Å². The fourth-order valence-electron chi connectivity index (χ4n) is 8.83. The van der Waals surface area contributed by atoms with Crippen molar-refractivity contribution in [2.24, 2.45) is 34.0 Å². The van der Waals surface area contributed by atoms with Gasteiger partial charge in [0.05, 0.1) is 19.3 Å². The minimum atomic E-state index is -1.36. The molecule has 1 spiro atoms. The van der Waals surface area contributed by atoms with E-state index < -0.39 is 28.7 Å². The maximum Gasteiger partial charge on any atom is 0.323 e. The smallest absolute Gasteiger partial charge is 0.323 e. The van der Waals surface area contributed by atoms with Gasteiger partial charge in [-0.15, -0.1) is 0 Å². The lowest BCUT2D eigenvalue weighted by atomic mass is 9.65. The van der Waals surface area contributed by atoms with Crippen molar-refractivity contribution in [3.05, 3.63) is 0 Å². The van der Waals surface area contributed by atoms with Crippen LogP contribution in [0, 0.1) is 34.0 Å². The normalized spacial score (nSPS) is 45.0. The number of rotatable bonds is 5. The number of hydrogen-bond acceptors (Lipinski definition) is 6. The molecule has 4 unspecified atom stereocenters. The zero-order valence-corrected chi connectivity index (χ0v) is 21.3. The van der Waals surface area contributed by atoms with Crippen LogP contribution in [0.2, 0.25) is 0 Å². The lowest BCUT2D eigenvalue weighted by molar-refractivity contribution is -0.250. The maximum atomic E-state index is 13.4. The molecule has 5 rings (SSSR count). The van der Waals surface area contributed by atoms with E-state index in [0.717, 1.165) is 25.7 Å². The molecule has 5 aliphatic rings. The zero-order valence-electron chi connectivity index (χ0n) is 21.3. The summed E-state index contributed by atoms with van der Waals surface area (Å²) < 4.78 is 25.2. The molecule has 0 amide bonds. The second kappa shape index (κ2) is 7.43. The number of fused-ring (bicyclic) bond motifs is 5. The van der Waals surface area contributed by atoms with Crippen LogP contribution >= 0.6 is 0 Å². The third-order valence-electron chi connectivity index (χ3n) is 11.0. The van der Waals surface area contributed by atoms with Crippen molar-refractivity contribution in [2.75, 3.05) is 13.2 Å². The molecular formula is C27H42O6. The number of ether oxygens (including phenoxy) is 4. The largest absolute Gasteiger partial charge is 0.465 e. The third-order valence-corrected chi connectivity index (χ3v) is 11.0. The van der Waals surface area contributed by atoms with Gasteiger partial charge in [0.25, 0.3) is 0 Å². The molecule has 0 aromatic carbocycles. The Kier molecular flexibility index (Phi) is 5.31. The van der Waals surface area contributed by atoms with E-state index >= 15 is 0 Å². The average molecular weight is 463 g/mol. The highest BCUT2D eigenvalue weighted by molar-refractivity contribution is 6.00. The van der Waals surface area contributed by atoms with Crippen molar-refractivity contribution in [1.29, 1.82) is 0 Å². The van der Waals surface area contributed by atoms with E-state index in [2.05, 4.69) is 27.7 Å². The molecule has 33 heavy (non-hydrogen) atoms. The Hall–Kier alpha value is -1.14. The van der Waals surface area contributed by atoms with Gasteiger partial charge in [0.1, 0.15) is 5.60 Å². The van der Waals surface area contributed by atoms with Crippen LogP contribution in [0.15, 0.2) is 0 Å². The van der Waals surface area contributed by atoms with Crippen molar-refractivity contribution in [3.8, 4) is 0 Å². The van der Waals surface area contributed by atoms with Crippen LogP contribution in [0.3, 0.4) is 0 Å². The van der Waals surface area contributed by atoms with Gasteiger partial charge >= 0.3 is 11.9 Å². The molecule has 0 aromatic heterocycles. The van der Waals surface area contributed by atoms with Gasteiger partial charge in [-0.3, -0.25) is 9.59 Å². The van der Waals surface area contributed by atoms with Crippen LogP contribution in [0.4, 0.5) is 0 Å². The highest BCUT2D eigenvalue weighted by Gasteiger charge is 2.81. The molecule has 6 heteroatoms. The van der Waals surface area contributed by atoms with Crippen LogP contribution in [0.25, 0.3) is 0 Å². The zero-order chi connectivity index (χ0) is 23.9. The number of esters is 2. The molecule has 2 bridgehead atoms. The molecule has 0 aromatic rings. The lowest BCUT2D eigenvalue weighted by Crippen LogP contribution is -2.51. The van der Waals surface area contributed by atoms with Crippen LogP contribution in [-0.4, -0.2) is 42.6 Å². The van der Waals surface area contributed by atoms with E-state index in [4.69, 9.17) is 18.9 Å². The lowest BCUT2D eigenvalue weighted by Gasteiger charge is -2.46. The molecule has 0 N–H and O–H groups in total. The standard InChI is InChI=1S/C27H42O6/c1-7-30-21(28)26(22(29)31-8-2)15-19(17-11-9-10-12-17)27(16-26)32-20-18-13-14-24(5,23(18,3)4)25(20,6)33-27/h17-20H,7-16H2,1-6H3/t18?,19-,20?,24?,25?,27+/m1/s1. The van der Waals surface area contributed by atoms with E-state index in [9.17, 15) is 9.59 Å². The molecule has 1 saturated heterocycles. The first-order valence-electron chi connectivity index (χ1n) is 13.2. The Morgan fingerprint density at radius 1 is 0.909 bits per heavy atom. The summed E-state index contributed by atoms with van der Waals surface area (Å²) in [4.78, 5) is 26.8. The molecule has 4 saturated carbocycles. The average Bonchev–Trinajstić information content (AvgIpc) is 3.51. The molecule has 186 valence electrons. The van der Waals surface area contributed by atoms with Gasteiger partial charge in [0.2, 0.25) is 0 Å². The highest BCUT2D eigenvalue weighted by atomic mass is 16.8. The van der Waals surface area contributed by atoms with E-state index in [1.54, 1.807) is 13.8 Å². The van der Waals surface area contributed by atoms with E-state index in [1.807, 2.05) is 0 Å². The molecule has 0 radical (unpaired) electrons. The van der Waals surface area contributed by atoms with Gasteiger partial charge in [0.15, 0.2) is 11.2 Å². The monoisotopic (exact) mass is 462 g/mol. The van der Waals surface area contributed by atoms with E-state index in [0.29, 0.717) is 18.3 Å². The van der Waals surface area contributed by atoms with Crippen molar-refractivity contribution in [3.63, 3.8) is 0 Å². The molecule has 5 fully saturated rings. The quantitative estimate of drug-likeness (QED) is 0.422. The summed E-state index contributed by atoms with van der Waals surface area (Å²) in [6, 6.07) is 0. The number of hydrogen-bond donors (Lipinski definition) is 0. The van der Waals surface area contributed by atoms with Crippen molar-refractivity contribution in [2.45, 2.75) is 110 Å². The Balaban J connectivity index is 1.58. The summed E-state index contributed by atoms with van der Waals surface area (Å²) in [6.45, 7) is 13.3.